The van der Waals surface area contributed by atoms with Gasteiger partial charge in [-0.25, -0.2) is 0 Å². The molecule has 1 aliphatic rings. The fourth-order valence-electron chi connectivity index (χ4n) is 3.55. The molecule has 6 heteroatoms. The van der Waals surface area contributed by atoms with Crippen molar-refractivity contribution in [3.8, 4) is 11.8 Å². The second-order valence-electron chi connectivity index (χ2n) is 7.74. The summed E-state index contributed by atoms with van der Waals surface area (Å²) >= 11 is 0. The largest absolute Gasteiger partial charge is 0.481 e. The minimum Gasteiger partial charge on any atom is -0.481 e. The number of hydrogen-bond donors (Lipinski definition) is 1. The lowest BCUT2D eigenvalue weighted by atomic mass is 9.95. The summed E-state index contributed by atoms with van der Waals surface area (Å²) in [5.41, 5.74) is 1.85. The number of Topliss-reactive ketones (excluding diaryl/α,β-unsaturated/α-hetero) is 1. The van der Waals surface area contributed by atoms with Crippen molar-refractivity contribution in [2.24, 2.45) is 5.92 Å². The highest BCUT2D eigenvalue weighted by molar-refractivity contribution is 6.21. The Kier molecular flexibility index (Phi) is 7.56. The van der Waals surface area contributed by atoms with Gasteiger partial charge in [-0.15, -0.1) is 0 Å². The van der Waals surface area contributed by atoms with Crippen LogP contribution in [0.15, 0.2) is 48.5 Å². The zero-order valence-corrected chi connectivity index (χ0v) is 18.0. The Morgan fingerprint density at radius 1 is 1.00 bits per heavy atom. The van der Waals surface area contributed by atoms with E-state index in [1.807, 2.05) is 0 Å². The number of benzene rings is 2. The fourth-order valence-corrected chi connectivity index (χ4v) is 3.55. The van der Waals surface area contributed by atoms with Gasteiger partial charge in [-0.05, 0) is 37.1 Å². The Hall–Kier alpha value is -3.72. The molecule has 0 aliphatic carbocycles. The molecule has 3 rings (SSSR count). The Labute approximate surface area is 187 Å². The van der Waals surface area contributed by atoms with Crippen LogP contribution in [0.1, 0.15) is 75.7 Å². The van der Waals surface area contributed by atoms with Gasteiger partial charge in [0.15, 0.2) is 5.78 Å². The van der Waals surface area contributed by atoms with E-state index in [-0.39, 0.29) is 25.2 Å². The first-order chi connectivity index (χ1) is 15.4. The molecule has 1 N–H and O–H groups in total. The highest BCUT2D eigenvalue weighted by Gasteiger charge is 2.35. The third-order valence-corrected chi connectivity index (χ3v) is 5.46. The lowest BCUT2D eigenvalue weighted by Gasteiger charge is -2.17. The van der Waals surface area contributed by atoms with Crippen LogP contribution < -0.4 is 0 Å². The van der Waals surface area contributed by atoms with Crippen molar-refractivity contribution in [1.82, 2.24) is 4.90 Å². The van der Waals surface area contributed by atoms with Crippen LogP contribution in [0.5, 0.6) is 0 Å². The maximum Gasteiger partial charge on any atom is 0.307 e. The summed E-state index contributed by atoms with van der Waals surface area (Å²) in [4.78, 5) is 50.3. The number of carboxylic acid groups (broad SMARTS) is 1. The number of carboxylic acids is 1. The van der Waals surface area contributed by atoms with Crippen LogP contribution >= 0.6 is 0 Å². The molecule has 0 radical (unpaired) electrons. The molecule has 6 nitrogen and oxygen atoms in total. The highest BCUT2D eigenvalue weighted by atomic mass is 16.4. The molecule has 0 bridgehead atoms. The van der Waals surface area contributed by atoms with Crippen LogP contribution in [0, 0.1) is 17.8 Å². The smallest absolute Gasteiger partial charge is 0.307 e. The minimum atomic E-state index is -1.13. The number of rotatable bonds is 9. The number of carbonyl (C=O) groups is 4. The quantitative estimate of drug-likeness (QED) is 0.278. The van der Waals surface area contributed by atoms with Crippen LogP contribution in [-0.4, -0.2) is 40.1 Å². The number of nitrogens with zero attached hydrogens (tertiary/aromatic N) is 1. The molecule has 0 saturated heterocycles. The molecule has 32 heavy (non-hydrogen) atoms. The van der Waals surface area contributed by atoms with Gasteiger partial charge in [0, 0.05) is 30.5 Å². The maximum atomic E-state index is 12.6. The van der Waals surface area contributed by atoms with Gasteiger partial charge in [0.05, 0.1) is 17.0 Å². The zero-order chi connectivity index (χ0) is 23.1. The molecule has 1 unspecified atom stereocenters. The summed E-state index contributed by atoms with van der Waals surface area (Å²) in [7, 11) is 0. The van der Waals surface area contributed by atoms with E-state index in [4.69, 9.17) is 0 Å². The van der Waals surface area contributed by atoms with Crippen molar-refractivity contribution in [2.45, 2.75) is 39.0 Å². The average molecular weight is 431 g/mol. The predicted octanol–water partition coefficient (Wildman–Crippen LogP) is 4.19. The molecule has 0 spiro atoms. The molecule has 2 amide bonds. The Bertz CT molecular complexity index is 1060. The number of fused-ring (bicyclic) bond motifs is 1. The van der Waals surface area contributed by atoms with E-state index in [0.717, 1.165) is 29.7 Å². The van der Waals surface area contributed by atoms with Crippen molar-refractivity contribution >= 4 is 23.6 Å². The first-order valence-corrected chi connectivity index (χ1v) is 10.7. The SMILES string of the molecule is CCCCC#Cc1ccc(C(=O)CC(CCN2C(=O)c3ccccc3C2=O)C(=O)O)cc1. The van der Waals surface area contributed by atoms with E-state index in [1.165, 1.54) is 0 Å². The molecular weight excluding hydrogens is 406 g/mol. The first-order valence-electron chi connectivity index (χ1n) is 10.7. The van der Waals surface area contributed by atoms with Gasteiger partial charge in [0.1, 0.15) is 0 Å². The van der Waals surface area contributed by atoms with Crippen LogP contribution in [-0.2, 0) is 4.79 Å². The van der Waals surface area contributed by atoms with Gasteiger partial charge in [-0.1, -0.05) is 49.5 Å². The molecular formula is C26H25NO5. The highest BCUT2D eigenvalue weighted by Crippen LogP contribution is 2.24. The van der Waals surface area contributed by atoms with E-state index in [9.17, 15) is 24.3 Å². The number of ketones is 1. The van der Waals surface area contributed by atoms with Gasteiger partial charge in [0.25, 0.3) is 11.8 Å². The molecule has 2 aromatic carbocycles. The number of unbranched alkanes of at least 4 members (excludes halogenated alkanes) is 2. The van der Waals surface area contributed by atoms with Gasteiger partial charge in [-0.2, -0.15) is 0 Å². The van der Waals surface area contributed by atoms with E-state index < -0.39 is 23.7 Å². The number of aliphatic carboxylic acids is 1. The minimum absolute atomic E-state index is 0.00747. The van der Waals surface area contributed by atoms with Crippen LogP contribution in [0.25, 0.3) is 0 Å². The van der Waals surface area contributed by atoms with Crippen LogP contribution in [0.4, 0.5) is 0 Å². The third-order valence-electron chi connectivity index (χ3n) is 5.46. The average Bonchev–Trinajstić information content (AvgIpc) is 3.04. The van der Waals surface area contributed by atoms with Crippen molar-refractivity contribution in [2.75, 3.05) is 6.54 Å². The van der Waals surface area contributed by atoms with Crippen molar-refractivity contribution in [3.05, 3.63) is 70.8 Å². The van der Waals surface area contributed by atoms with Gasteiger partial charge in [0.2, 0.25) is 0 Å². The second-order valence-corrected chi connectivity index (χ2v) is 7.74. The van der Waals surface area contributed by atoms with E-state index >= 15 is 0 Å². The maximum absolute atomic E-state index is 12.6. The van der Waals surface area contributed by atoms with E-state index in [1.54, 1.807) is 48.5 Å². The van der Waals surface area contributed by atoms with Gasteiger partial charge >= 0.3 is 5.97 Å². The normalized spacial score (nSPS) is 13.3. The summed E-state index contributed by atoms with van der Waals surface area (Å²) in [5.74, 6) is 2.83. The van der Waals surface area contributed by atoms with E-state index in [2.05, 4.69) is 18.8 Å². The Morgan fingerprint density at radius 2 is 1.62 bits per heavy atom. The summed E-state index contributed by atoms with van der Waals surface area (Å²) in [6, 6.07) is 13.3. The number of carbonyl (C=O) groups excluding carboxylic acids is 3. The second kappa shape index (κ2) is 10.5. The topological polar surface area (TPSA) is 91.8 Å². The zero-order valence-electron chi connectivity index (χ0n) is 18.0. The van der Waals surface area contributed by atoms with Gasteiger partial charge < -0.3 is 5.11 Å². The van der Waals surface area contributed by atoms with E-state index in [0.29, 0.717) is 16.7 Å². The lowest BCUT2D eigenvalue weighted by molar-refractivity contribution is -0.142. The molecule has 0 aromatic heterocycles. The monoisotopic (exact) mass is 431 g/mol. The number of imide groups is 1. The molecule has 0 saturated carbocycles. The molecule has 1 heterocycles. The number of hydrogen-bond acceptors (Lipinski definition) is 4. The molecule has 1 atom stereocenters. The Balaban J connectivity index is 1.60. The lowest BCUT2D eigenvalue weighted by Crippen LogP contribution is -2.33. The summed E-state index contributed by atoms with van der Waals surface area (Å²) in [6.07, 6.45) is 2.75. The fraction of sp³-hybridized carbons (Fsp3) is 0.308. The van der Waals surface area contributed by atoms with Crippen molar-refractivity contribution < 1.29 is 24.3 Å². The van der Waals surface area contributed by atoms with Gasteiger partial charge in [-0.3, -0.25) is 24.1 Å². The third kappa shape index (κ3) is 5.30. The van der Waals surface area contributed by atoms with Crippen LogP contribution in [0.3, 0.4) is 0 Å². The van der Waals surface area contributed by atoms with Crippen LogP contribution in [0.2, 0.25) is 0 Å². The molecule has 1 aliphatic heterocycles. The Morgan fingerprint density at radius 3 is 2.19 bits per heavy atom. The molecule has 2 aromatic rings. The number of amides is 2. The van der Waals surface area contributed by atoms with Crippen molar-refractivity contribution in [3.63, 3.8) is 0 Å². The summed E-state index contributed by atoms with van der Waals surface area (Å²) in [6.45, 7) is 2.05. The molecule has 164 valence electrons. The summed E-state index contributed by atoms with van der Waals surface area (Å²) in [5, 5.41) is 9.57. The predicted molar refractivity (Wildman–Crippen MR) is 119 cm³/mol. The summed E-state index contributed by atoms with van der Waals surface area (Å²) < 4.78 is 0. The standard InChI is InChI=1S/C26H25NO5/c1-2-3-4-5-8-18-11-13-19(14-12-18)23(28)17-20(26(31)32)15-16-27-24(29)21-9-6-7-10-22(21)25(27)30/h6-7,9-14,20H,2-4,15-17H2,1H3,(H,31,32). The molecule has 0 fully saturated rings. The first kappa shape index (κ1) is 23.0. The van der Waals surface area contributed by atoms with Crippen molar-refractivity contribution in [1.29, 1.82) is 0 Å².